The minimum absolute atomic E-state index is 0.0714. The van der Waals surface area contributed by atoms with Crippen LogP contribution >= 0.6 is 0 Å². The molecule has 0 radical (unpaired) electrons. The molecule has 0 spiro atoms. The minimum atomic E-state index is -0.593. The fourth-order valence-electron chi connectivity index (χ4n) is 2.16. The van der Waals surface area contributed by atoms with Crippen molar-refractivity contribution in [3.63, 3.8) is 0 Å². The van der Waals surface area contributed by atoms with Crippen LogP contribution in [0.4, 0.5) is 10.5 Å². The van der Waals surface area contributed by atoms with E-state index >= 15 is 0 Å². The Hall–Kier alpha value is -2.08. The number of likely N-dealkylation sites (tertiary alicyclic amines) is 1. The van der Waals surface area contributed by atoms with Gasteiger partial charge in [0.25, 0.3) is 0 Å². The molecule has 0 aromatic heterocycles. The van der Waals surface area contributed by atoms with Crippen molar-refractivity contribution >= 4 is 17.6 Å². The van der Waals surface area contributed by atoms with E-state index in [1.165, 1.54) is 0 Å². The van der Waals surface area contributed by atoms with Crippen molar-refractivity contribution in [3.8, 4) is 0 Å². The van der Waals surface area contributed by atoms with Gasteiger partial charge < -0.3 is 20.6 Å². The molecule has 1 aromatic rings. The molecule has 0 aliphatic carbocycles. The standard InChI is InChI=1S/C14H19N3O3/c1-9(18)10-4-3-5-11(8-10)15-14(20)16-12-6-7-17(2)13(12)19/h3-5,8-9,12,18H,6-7H2,1-2H3,(H2,15,16,20). The number of nitrogens with zero attached hydrogens (tertiary/aromatic N) is 1. The Morgan fingerprint density at radius 3 is 2.85 bits per heavy atom. The van der Waals surface area contributed by atoms with Gasteiger partial charge in [-0.1, -0.05) is 12.1 Å². The largest absolute Gasteiger partial charge is 0.389 e. The molecule has 2 rings (SSSR count). The lowest BCUT2D eigenvalue weighted by Crippen LogP contribution is -2.42. The number of benzene rings is 1. The molecule has 3 N–H and O–H groups in total. The van der Waals surface area contributed by atoms with Crippen LogP contribution in [0.1, 0.15) is 25.0 Å². The number of amides is 3. The van der Waals surface area contributed by atoms with Crippen LogP contribution in [0.2, 0.25) is 0 Å². The molecule has 1 aromatic carbocycles. The number of hydrogen-bond acceptors (Lipinski definition) is 3. The number of urea groups is 1. The van der Waals surface area contributed by atoms with Crippen LogP contribution in [-0.2, 0) is 4.79 Å². The van der Waals surface area contributed by atoms with Crippen LogP contribution < -0.4 is 10.6 Å². The first-order chi connectivity index (χ1) is 9.47. The van der Waals surface area contributed by atoms with E-state index in [9.17, 15) is 14.7 Å². The lowest BCUT2D eigenvalue weighted by Gasteiger charge is -2.14. The van der Waals surface area contributed by atoms with Gasteiger partial charge in [-0.2, -0.15) is 0 Å². The predicted octanol–water partition coefficient (Wildman–Crippen LogP) is 1.09. The molecular weight excluding hydrogens is 258 g/mol. The summed E-state index contributed by atoms with van der Waals surface area (Å²) in [6.07, 6.45) is 0.0288. The second-order valence-electron chi connectivity index (χ2n) is 5.00. The summed E-state index contributed by atoms with van der Waals surface area (Å²) in [7, 11) is 1.72. The first kappa shape index (κ1) is 14.3. The van der Waals surface area contributed by atoms with Crippen molar-refractivity contribution in [2.45, 2.75) is 25.5 Å². The third-order valence-electron chi connectivity index (χ3n) is 3.36. The summed E-state index contributed by atoms with van der Waals surface area (Å²) in [5.41, 5.74) is 1.30. The Labute approximate surface area is 117 Å². The van der Waals surface area contributed by atoms with Gasteiger partial charge in [0.2, 0.25) is 5.91 Å². The van der Waals surface area contributed by atoms with Gasteiger partial charge in [-0.25, -0.2) is 4.79 Å². The van der Waals surface area contributed by atoms with Gasteiger partial charge in [-0.15, -0.1) is 0 Å². The van der Waals surface area contributed by atoms with Gasteiger partial charge in [0, 0.05) is 19.3 Å². The van der Waals surface area contributed by atoms with Crippen LogP contribution in [0.15, 0.2) is 24.3 Å². The summed E-state index contributed by atoms with van der Waals surface area (Å²) in [5, 5.41) is 14.8. The topological polar surface area (TPSA) is 81.7 Å². The maximum Gasteiger partial charge on any atom is 0.319 e. The fraction of sp³-hybridized carbons (Fsp3) is 0.429. The van der Waals surface area contributed by atoms with E-state index in [4.69, 9.17) is 0 Å². The molecule has 3 amide bonds. The van der Waals surface area contributed by atoms with Gasteiger partial charge in [0.05, 0.1) is 6.10 Å². The number of likely N-dealkylation sites (N-methyl/N-ethyl adjacent to an activating group) is 1. The van der Waals surface area contributed by atoms with E-state index in [0.717, 1.165) is 5.56 Å². The van der Waals surface area contributed by atoms with Crippen LogP contribution in [0.5, 0.6) is 0 Å². The Bertz CT molecular complexity index is 516. The molecule has 108 valence electrons. The molecule has 0 saturated carbocycles. The molecule has 1 heterocycles. The molecule has 1 aliphatic rings. The predicted molar refractivity (Wildman–Crippen MR) is 75.3 cm³/mol. The SMILES string of the molecule is CC(O)c1cccc(NC(=O)NC2CCN(C)C2=O)c1. The number of aliphatic hydroxyl groups is 1. The third-order valence-corrected chi connectivity index (χ3v) is 3.36. The van der Waals surface area contributed by atoms with Crippen LogP contribution in [0.3, 0.4) is 0 Å². The summed E-state index contributed by atoms with van der Waals surface area (Å²) in [4.78, 5) is 25.1. The molecular formula is C14H19N3O3. The number of hydrogen-bond donors (Lipinski definition) is 3. The average Bonchev–Trinajstić information content (AvgIpc) is 2.71. The molecule has 2 atom stereocenters. The van der Waals surface area contributed by atoms with E-state index in [1.54, 1.807) is 43.1 Å². The van der Waals surface area contributed by atoms with Crippen LogP contribution in [0, 0.1) is 0 Å². The van der Waals surface area contributed by atoms with E-state index in [2.05, 4.69) is 10.6 Å². The summed E-state index contributed by atoms with van der Waals surface area (Å²) >= 11 is 0. The van der Waals surface area contributed by atoms with E-state index in [0.29, 0.717) is 18.7 Å². The van der Waals surface area contributed by atoms with Crippen LogP contribution in [-0.4, -0.2) is 41.6 Å². The number of carbonyl (C=O) groups excluding carboxylic acids is 2. The highest BCUT2D eigenvalue weighted by molar-refractivity contribution is 5.94. The Kier molecular flexibility index (Phi) is 4.24. The van der Waals surface area contributed by atoms with Gasteiger partial charge in [-0.3, -0.25) is 4.79 Å². The summed E-state index contributed by atoms with van der Waals surface area (Å²) < 4.78 is 0. The second kappa shape index (κ2) is 5.92. The zero-order chi connectivity index (χ0) is 14.7. The molecule has 1 saturated heterocycles. The van der Waals surface area contributed by atoms with Crippen molar-refractivity contribution in [1.82, 2.24) is 10.2 Å². The van der Waals surface area contributed by atoms with Crippen molar-refractivity contribution in [2.24, 2.45) is 0 Å². The van der Waals surface area contributed by atoms with E-state index in [1.807, 2.05) is 0 Å². The Morgan fingerprint density at radius 2 is 2.25 bits per heavy atom. The zero-order valence-corrected chi connectivity index (χ0v) is 11.6. The van der Waals surface area contributed by atoms with E-state index in [-0.39, 0.29) is 5.91 Å². The zero-order valence-electron chi connectivity index (χ0n) is 11.6. The van der Waals surface area contributed by atoms with Crippen molar-refractivity contribution in [1.29, 1.82) is 0 Å². The molecule has 0 bridgehead atoms. The minimum Gasteiger partial charge on any atom is -0.389 e. The highest BCUT2D eigenvalue weighted by Crippen LogP contribution is 2.17. The highest BCUT2D eigenvalue weighted by Gasteiger charge is 2.30. The van der Waals surface area contributed by atoms with Gasteiger partial charge >= 0.3 is 6.03 Å². The second-order valence-corrected chi connectivity index (χ2v) is 5.00. The van der Waals surface area contributed by atoms with Crippen molar-refractivity contribution in [2.75, 3.05) is 18.9 Å². The lowest BCUT2D eigenvalue weighted by molar-refractivity contribution is -0.128. The van der Waals surface area contributed by atoms with E-state index < -0.39 is 18.2 Å². The van der Waals surface area contributed by atoms with Gasteiger partial charge in [0.1, 0.15) is 6.04 Å². The third kappa shape index (κ3) is 3.27. The summed E-state index contributed by atoms with van der Waals surface area (Å²) in [6, 6.07) is 6.09. The summed E-state index contributed by atoms with van der Waals surface area (Å²) in [6.45, 7) is 2.31. The number of rotatable bonds is 3. The number of carbonyl (C=O) groups is 2. The van der Waals surface area contributed by atoms with Crippen molar-refractivity contribution < 1.29 is 14.7 Å². The first-order valence-electron chi connectivity index (χ1n) is 6.58. The molecule has 6 nitrogen and oxygen atoms in total. The molecule has 1 fully saturated rings. The molecule has 2 unspecified atom stereocenters. The number of anilines is 1. The molecule has 20 heavy (non-hydrogen) atoms. The maximum atomic E-state index is 11.8. The lowest BCUT2D eigenvalue weighted by atomic mass is 10.1. The molecule has 1 aliphatic heterocycles. The fourth-order valence-corrected chi connectivity index (χ4v) is 2.16. The quantitative estimate of drug-likeness (QED) is 0.773. The summed E-state index contributed by atoms with van der Waals surface area (Å²) in [5.74, 6) is -0.0714. The van der Waals surface area contributed by atoms with Gasteiger partial charge in [-0.05, 0) is 31.0 Å². The highest BCUT2D eigenvalue weighted by atomic mass is 16.3. The Morgan fingerprint density at radius 1 is 1.50 bits per heavy atom. The normalized spacial score (nSPS) is 19.9. The number of nitrogens with one attached hydrogen (secondary N) is 2. The van der Waals surface area contributed by atoms with Gasteiger partial charge in [0.15, 0.2) is 0 Å². The number of aliphatic hydroxyl groups excluding tert-OH is 1. The first-order valence-corrected chi connectivity index (χ1v) is 6.58. The monoisotopic (exact) mass is 277 g/mol. The average molecular weight is 277 g/mol. The maximum absolute atomic E-state index is 11.8. The molecule has 6 heteroatoms. The van der Waals surface area contributed by atoms with Crippen molar-refractivity contribution in [3.05, 3.63) is 29.8 Å². The van der Waals surface area contributed by atoms with Crippen LogP contribution in [0.25, 0.3) is 0 Å². The Balaban J connectivity index is 1.95. The smallest absolute Gasteiger partial charge is 0.319 e.